The highest BCUT2D eigenvalue weighted by Gasteiger charge is 2.09. The van der Waals surface area contributed by atoms with Crippen molar-refractivity contribution >= 4 is 11.6 Å². The summed E-state index contributed by atoms with van der Waals surface area (Å²) in [4.78, 5) is 0. The molecule has 1 aromatic carbocycles. The van der Waals surface area contributed by atoms with Crippen molar-refractivity contribution in [3.8, 4) is 11.5 Å². The van der Waals surface area contributed by atoms with E-state index in [0.717, 1.165) is 5.56 Å². The van der Waals surface area contributed by atoms with E-state index in [2.05, 4.69) is 0 Å². The lowest BCUT2D eigenvalue weighted by atomic mass is 10.2. The molecule has 1 aromatic rings. The van der Waals surface area contributed by atoms with E-state index in [9.17, 15) is 0 Å². The topological polar surface area (TPSA) is 44.5 Å². The number of nitrogens with two attached hydrogens (primary N) is 1. The second kappa shape index (κ2) is 4.35. The van der Waals surface area contributed by atoms with E-state index in [1.165, 1.54) is 0 Å². The van der Waals surface area contributed by atoms with Gasteiger partial charge in [-0.15, -0.1) is 0 Å². The summed E-state index contributed by atoms with van der Waals surface area (Å²) in [7, 11) is 3.11. The van der Waals surface area contributed by atoms with E-state index in [4.69, 9.17) is 26.8 Å². The molecule has 0 aliphatic rings. The Morgan fingerprint density at radius 1 is 1.31 bits per heavy atom. The smallest absolute Gasteiger partial charge is 0.179 e. The van der Waals surface area contributed by atoms with E-state index in [0.29, 0.717) is 23.1 Å². The molecule has 0 unspecified atom stereocenters. The maximum absolute atomic E-state index is 5.93. The van der Waals surface area contributed by atoms with Gasteiger partial charge in [-0.2, -0.15) is 0 Å². The van der Waals surface area contributed by atoms with E-state index < -0.39 is 0 Å². The molecule has 0 atom stereocenters. The Morgan fingerprint density at radius 3 is 2.46 bits per heavy atom. The van der Waals surface area contributed by atoms with Gasteiger partial charge in [-0.25, -0.2) is 0 Å². The maximum Gasteiger partial charge on any atom is 0.179 e. The zero-order valence-electron chi connectivity index (χ0n) is 7.63. The molecule has 2 N–H and O–H groups in total. The zero-order valence-corrected chi connectivity index (χ0v) is 8.39. The molecule has 0 aromatic heterocycles. The number of methoxy groups -OCH3 is 2. The van der Waals surface area contributed by atoms with E-state index in [-0.39, 0.29) is 0 Å². The van der Waals surface area contributed by atoms with Gasteiger partial charge in [0.15, 0.2) is 11.5 Å². The number of benzene rings is 1. The van der Waals surface area contributed by atoms with Crippen LogP contribution in [0.5, 0.6) is 11.5 Å². The minimum Gasteiger partial charge on any atom is -0.493 e. The Labute approximate surface area is 82.4 Å². The molecule has 0 spiro atoms. The molecular weight excluding hydrogens is 190 g/mol. The standard InChI is InChI=1S/C9H12ClNO2/c1-12-8-4-6(5-11)3-7(10)9(8)13-2/h3-4H,5,11H2,1-2H3. The van der Waals surface area contributed by atoms with Gasteiger partial charge >= 0.3 is 0 Å². The molecule has 13 heavy (non-hydrogen) atoms. The lowest BCUT2D eigenvalue weighted by Crippen LogP contribution is -1.98. The van der Waals surface area contributed by atoms with Crippen LogP contribution in [0.4, 0.5) is 0 Å². The van der Waals surface area contributed by atoms with Gasteiger partial charge < -0.3 is 15.2 Å². The Balaban J connectivity index is 3.20. The van der Waals surface area contributed by atoms with Crippen LogP contribution in [0.3, 0.4) is 0 Å². The van der Waals surface area contributed by atoms with Crippen molar-refractivity contribution in [2.75, 3.05) is 14.2 Å². The van der Waals surface area contributed by atoms with Crippen molar-refractivity contribution in [1.82, 2.24) is 0 Å². The van der Waals surface area contributed by atoms with Crippen LogP contribution in [0, 0.1) is 0 Å². The SMILES string of the molecule is COc1cc(CN)cc(Cl)c1OC. The van der Waals surface area contributed by atoms with Crippen LogP contribution in [-0.4, -0.2) is 14.2 Å². The molecule has 0 saturated heterocycles. The Morgan fingerprint density at radius 2 is 2.00 bits per heavy atom. The van der Waals surface area contributed by atoms with Gasteiger partial charge in [0.2, 0.25) is 0 Å². The van der Waals surface area contributed by atoms with E-state index in [1.807, 2.05) is 6.07 Å². The molecule has 3 nitrogen and oxygen atoms in total. The molecule has 72 valence electrons. The molecule has 0 fully saturated rings. The second-order valence-electron chi connectivity index (χ2n) is 2.52. The first-order valence-electron chi connectivity index (χ1n) is 3.83. The predicted octanol–water partition coefficient (Wildman–Crippen LogP) is 1.82. The highest BCUT2D eigenvalue weighted by atomic mass is 35.5. The number of rotatable bonds is 3. The summed E-state index contributed by atoms with van der Waals surface area (Å²) in [6, 6.07) is 3.58. The van der Waals surface area contributed by atoms with Crippen LogP contribution in [0.2, 0.25) is 5.02 Å². The normalized spacial score (nSPS) is 9.85. The minimum absolute atomic E-state index is 0.431. The first kappa shape index (κ1) is 10.2. The minimum atomic E-state index is 0.431. The van der Waals surface area contributed by atoms with Gasteiger partial charge in [-0.3, -0.25) is 0 Å². The summed E-state index contributed by atoms with van der Waals surface area (Å²) in [6.07, 6.45) is 0. The molecule has 0 aliphatic carbocycles. The van der Waals surface area contributed by atoms with E-state index >= 15 is 0 Å². The number of ether oxygens (including phenoxy) is 2. The van der Waals surface area contributed by atoms with Gasteiger partial charge in [-0.05, 0) is 17.7 Å². The van der Waals surface area contributed by atoms with Crippen molar-refractivity contribution in [3.63, 3.8) is 0 Å². The molecule has 1 rings (SSSR count). The van der Waals surface area contributed by atoms with Gasteiger partial charge in [0.25, 0.3) is 0 Å². The molecule has 0 aliphatic heterocycles. The van der Waals surface area contributed by atoms with Crippen LogP contribution in [0.25, 0.3) is 0 Å². The summed E-state index contributed by atoms with van der Waals surface area (Å²) >= 11 is 5.93. The highest BCUT2D eigenvalue weighted by molar-refractivity contribution is 6.32. The van der Waals surface area contributed by atoms with Gasteiger partial charge in [0.1, 0.15) is 0 Å². The van der Waals surface area contributed by atoms with Gasteiger partial charge in [0.05, 0.1) is 19.2 Å². The average Bonchev–Trinajstić information content (AvgIpc) is 2.16. The van der Waals surface area contributed by atoms with Crippen LogP contribution in [0.15, 0.2) is 12.1 Å². The number of halogens is 1. The van der Waals surface area contributed by atoms with Crippen LogP contribution in [0.1, 0.15) is 5.56 Å². The fraction of sp³-hybridized carbons (Fsp3) is 0.333. The van der Waals surface area contributed by atoms with Crippen molar-refractivity contribution < 1.29 is 9.47 Å². The molecular formula is C9H12ClNO2. The second-order valence-corrected chi connectivity index (χ2v) is 2.92. The average molecular weight is 202 g/mol. The fourth-order valence-corrected chi connectivity index (χ4v) is 1.40. The summed E-state index contributed by atoms with van der Waals surface area (Å²) in [5.41, 5.74) is 6.40. The lowest BCUT2D eigenvalue weighted by Gasteiger charge is -2.10. The summed E-state index contributed by atoms with van der Waals surface area (Å²) < 4.78 is 10.2. The Bertz CT molecular complexity index is 302. The summed E-state index contributed by atoms with van der Waals surface area (Å²) in [5, 5.41) is 0.516. The van der Waals surface area contributed by atoms with Gasteiger partial charge in [0, 0.05) is 6.54 Å². The molecule has 0 amide bonds. The predicted molar refractivity (Wildman–Crippen MR) is 52.4 cm³/mol. The first-order chi connectivity index (χ1) is 6.22. The van der Waals surface area contributed by atoms with Crippen LogP contribution >= 0.6 is 11.6 Å². The molecule has 4 heteroatoms. The molecule has 0 heterocycles. The summed E-state index contributed by atoms with van der Waals surface area (Å²) in [5.74, 6) is 1.15. The Kier molecular flexibility index (Phi) is 3.39. The fourth-order valence-electron chi connectivity index (χ4n) is 1.09. The number of hydrogen-bond acceptors (Lipinski definition) is 3. The first-order valence-corrected chi connectivity index (χ1v) is 4.21. The monoisotopic (exact) mass is 201 g/mol. The number of hydrogen-bond donors (Lipinski definition) is 1. The van der Waals surface area contributed by atoms with Crippen molar-refractivity contribution in [2.24, 2.45) is 5.73 Å². The molecule has 0 radical (unpaired) electrons. The third kappa shape index (κ3) is 2.05. The summed E-state index contributed by atoms with van der Waals surface area (Å²) in [6.45, 7) is 0.431. The zero-order chi connectivity index (χ0) is 9.84. The third-order valence-electron chi connectivity index (χ3n) is 1.73. The largest absolute Gasteiger partial charge is 0.493 e. The Hall–Kier alpha value is -0.930. The van der Waals surface area contributed by atoms with Crippen LogP contribution < -0.4 is 15.2 Å². The molecule has 0 saturated carbocycles. The third-order valence-corrected chi connectivity index (χ3v) is 2.01. The van der Waals surface area contributed by atoms with Crippen LogP contribution in [-0.2, 0) is 6.54 Å². The lowest BCUT2D eigenvalue weighted by molar-refractivity contribution is 0.354. The van der Waals surface area contributed by atoms with E-state index in [1.54, 1.807) is 20.3 Å². The van der Waals surface area contributed by atoms with Crippen molar-refractivity contribution in [1.29, 1.82) is 0 Å². The highest BCUT2D eigenvalue weighted by Crippen LogP contribution is 2.35. The maximum atomic E-state index is 5.93. The van der Waals surface area contributed by atoms with Crippen molar-refractivity contribution in [3.05, 3.63) is 22.7 Å². The quantitative estimate of drug-likeness (QED) is 0.812. The molecule has 0 bridgehead atoms. The van der Waals surface area contributed by atoms with Crippen molar-refractivity contribution in [2.45, 2.75) is 6.54 Å². The van der Waals surface area contributed by atoms with Gasteiger partial charge in [-0.1, -0.05) is 11.6 Å².